The molecule has 1 aliphatic rings. The second-order valence-corrected chi connectivity index (χ2v) is 9.13. The second-order valence-electron chi connectivity index (χ2n) is 9.13. The summed E-state index contributed by atoms with van der Waals surface area (Å²) in [5, 5.41) is 30.9. The van der Waals surface area contributed by atoms with Gasteiger partial charge in [-0.2, -0.15) is 5.26 Å². The van der Waals surface area contributed by atoms with E-state index < -0.39 is 17.7 Å². The van der Waals surface area contributed by atoms with Gasteiger partial charge in [0.25, 0.3) is 11.7 Å². The second kappa shape index (κ2) is 10.7. The minimum Gasteiger partial charge on any atom is -0.507 e. The highest BCUT2D eigenvalue weighted by Crippen LogP contribution is 2.44. The van der Waals surface area contributed by atoms with Crippen molar-refractivity contribution in [1.82, 2.24) is 0 Å². The van der Waals surface area contributed by atoms with Crippen LogP contribution < -0.4 is 14.4 Å². The minimum absolute atomic E-state index is 0.0417. The Hall–Kier alpha value is -4.77. The molecule has 0 radical (unpaired) electrons. The number of nitriles is 1. The van der Waals surface area contributed by atoms with Crippen molar-refractivity contribution in [3.63, 3.8) is 0 Å². The van der Waals surface area contributed by atoms with E-state index in [-0.39, 0.29) is 35.5 Å². The average Bonchev–Trinajstić information content (AvgIpc) is 3.16. The summed E-state index contributed by atoms with van der Waals surface area (Å²) in [6, 6.07) is 16.8. The van der Waals surface area contributed by atoms with Gasteiger partial charge >= 0.3 is 0 Å². The van der Waals surface area contributed by atoms with Crippen LogP contribution in [0.3, 0.4) is 0 Å². The fraction of sp³-hybridized carbons (Fsp3) is 0.233. The van der Waals surface area contributed by atoms with Crippen LogP contribution in [0, 0.1) is 18.3 Å². The van der Waals surface area contributed by atoms with Gasteiger partial charge in [-0.3, -0.25) is 14.5 Å². The van der Waals surface area contributed by atoms with Gasteiger partial charge in [-0.15, -0.1) is 0 Å². The molecule has 1 heterocycles. The number of hydrogen-bond acceptors (Lipinski definition) is 7. The van der Waals surface area contributed by atoms with Crippen LogP contribution in [-0.2, 0) is 9.59 Å². The molecule has 4 rings (SSSR count). The molecule has 1 aliphatic heterocycles. The molecule has 2 N–H and O–H groups in total. The molecule has 0 saturated carbocycles. The van der Waals surface area contributed by atoms with Gasteiger partial charge in [-0.25, -0.2) is 0 Å². The summed E-state index contributed by atoms with van der Waals surface area (Å²) in [5.74, 6) is -1.30. The van der Waals surface area contributed by atoms with E-state index in [1.807, 2.05) is 26.8 Å². The molecule has 194 valence electrons. The number of anilines is 1. The van der Waals surface area contributed by atoms with Gasteiger partial charge in [0.1, 0.15) is 11.5 Å². The van der Waals surface area contributed by atoms with Crippen molar-refractivity contribution in [2.45, 2.75) is 39.8 Å². The summed E-state index contributed by atoms with van der Waals surface area (Å²) < 4.78 is 11.3. The fourth-order valence-electron chi connectivity index (χ4n) is 4.42. The van der Waals surface area contributed by atoms with Gasteiger partial charge in [0, 0.05) is 11.3 Å². The van der Waals surface area contributed by atoms with Gasteiger partial charge in [-0.1, -0.05) is 6.07 Å². The van der Waals surface area contributed by atoms with E-state index in [1.165, 1.54) is 11.0 Å². The Bertz CT molecular complexity index is 1470. The molecule has 1 saturated heterocycles. The Labute approximate surface area is 221 Å². The van der Waals surface area contributed by atoms with Gasteiger partial charge in [0.2, 0.25) is 0 Å². The van der Waals surface area contributed by atoms with Crippen LogP contribution in [0.15, 0.2) is 66.2 Å². The number of rotatable bonds is 7. The van der Waals surface area contributed by atoms with E-state index in [0.29, 0.717) is 28.1 Å². The van der Waals surface area contributed by atoms with E-state index in [1.54, 1.807) is 61.5 Å². The van der Waals surface area contributed by atoms with E-state index in [4.69, 9.17) is 9.47 Å². The molecule has 1 fully saturated rings. The number of aliphatic hydroxyl groups is 1. The number of amides is 1. The number of aromatic hydroxyl groups is 1. The van der Waals surface area contributed by atoms with Crippen LogP contribution in [0.5, 0.6) is 17.2 Å². The highest BCUT2D eigenvalue weighted by Gasteiger charge is 2.47. The third-order valence-corrected chi connectivity index (χ3v) is 6.13. The van der Waals surface area contributed by atoms with E-state index in [9.17, 15) is 25.1 Å². The van der Waals surface area contributed by atoms with Crippen molar-refractivity contribution in [1.29, 1.82) is 5.26 Å². The molecular formula is C30H28N2O6. The molecule has 38 heavy (non-hydrogen) atoms. The van der Waals surface area contributed by atoms with Gasteiger partial charge in [0.15, 0.2) is 11.5 Å². The number of ketones is 1. The summed E-state index contributed by atoms with van der Waals surface area (Å²) in [6.07, 6.45) is -0.0417. The number of aliphatic hydroxyl groups excluding tert-OH is 1. The topological polar surface area (TPSA) is 120 Å². The molecule has 1 unspecified atom stereocenters. The van der Waals surface area contributed by atoms with Crippen LogP contribution in [0.2, 0.25) is 0 Å². The first-order valence-corrected chi connectivity index (χ1v) is 12.2. The minimum atomic E-state index is -1.02. The third-order valence-electron chi connectivity index (χ3n) is 6.13. The number of carbonyl (C=O) groups is 2. The number of benzene rings is 3. The number of Topliss-reactive ketones (excluding diaryl/α,β-unsaturated/α-hetero) is 1. The maximum Gasteiger partial charge on any atom is 0.300 e. The predicted octanol–water partition coefficient (Wildman–Crippen LogP) is 5.38. The maximum absolute atomic E-state index is 13.4. The lowest BCUT2D eigenvalue weighted by Crippen LogP contribution is -2.29. The number of ether oxygens (including phenoxy) is 2. The number of nitrogens with zero attached hydrogens (tertiary/aromatic N) is 2. The Morgan fingerprint density at radius 2 is 1.76 bits per heavy atom. The monoisotopic (exact) mass is 512 g/mol. The number of carbonyl (C=O) groups excluding carboxylic acids is 2. The Kier molecular flexibility index (Phi) is 7.40. The molecule has 8 nitrogen and oxygen atoms in total. The fourth-order valence-corrected chi connectivity index (χ4v) is 4.42. The lowest BCUT2D eigenvalue weighted by atomic mass is 9.94. The molecule has 3 aromatic carbocycles. The van der Waals surface area contributed by atoms with Crippen molar-refractivity contribution in [2.24, 2.45) is 0 Å². The van der Waals surface area contributed by atoms with E-state index in [2.05, 4.69) is 0 Å². The van der Waals surface area contributed by atoms with Crippen LogP contribution in [-0.4, -0.2) is 34.6 Å². The van der Waals surface area contributed by atoms with Gasteiger partial charge in [-0.05, 0) is 93.4 Å². The summed E-state index contributed by atoms with van der Waals surface area (Å²) in [6.45, 7) is 7.70. The zero-order valence-corrected chi connectivity index (χ0v) is 21.6. The first-order chi connectivity index (χ1) is 18.2. The van der Waals surface area contributed by atoms with Gasteiger partial charge in [0.05, 0.1) is 36.0 Å². The zero-order valence-electron chi connectivity index (χ0n) is 21.6. The van der Waals surface area contributed by atoms with Gasteiger partial charge < -0.3 is 19.7 Å². The standard InChI is InChI=1S/C30H28N2O6/c1-5-37-25-15-20(8-12-23(25)33)27-26(28(34)21-9-13-24(18(4)14-21)38-17(2)3)29(35)30(36)32(27)22-10-6-19(16-31)7-11-22/h6-15,17,27,33-34H,5H2,1-4H3/b28-26-. The van der Waals surface area contributed by atoms with Crippen LogP contribution in [0.4, 0.5) is 5.69 Å². The summed E-state index contributed by atoms with van der Waals surface area (Å²) in [5.41, 5.74) is 2.22. The number of aryl methyl sites for hydroxylation is 1. The number of phenolic OH excluding ortho intramolecular Hbond substituents is 1. The largest absolute Gasteiger partial charge is 0.507 e. The summed E-state index contributed by atoms with van der Waals surface area (Å²) in [4.78, 5) is 28.1. The molecule has 1 amide bonds. The molecule has 1 atom stereocenters. The van der Waals surface area contributed by atoms with Crippen molar-refractivity contribution < 1.29 is 29.3 Å². The Morgan fingerprint density at radius 1 is 1.05 bits per heavy atom. The molecule has 0 aliphatic carbocycles. The summed E-state index contributed by atoms with van der Waals surface area (Å²) >= 11 is 0. The van der Waals surface area contributed by atoms with Crippen LogP contribution >= 0.6 is 0 Å². The number of phenols is 1. The quantitative estimate of drug-likeness (QED) is 0.248. The Balaban J connectivity index is 1.92. The zero-order chi connectivity index (χ0) is 27.6. The molecular weight excluding hydrogens is 484 g/mol. The van der Waals surface area contributed by atoms with E-state index >= 15 is 0 Å². The van der Waals surface area contributed by atoms with Crippen LogP contribution in [0.25, 0.3) is 5.76 Å². The Morgan fingerprint density at radius 3 is 2.37 bits per heavy atom. The normalized spacial score (nSPS) is 16.5. The predicted molar refractivity (Wildman–Crippen MR) is 142 cm³/mol. The van der Waals surface area contributed by atoms with Crippen molar-refractivity contribution in [3.05, 3.63) is 88.5 Å². The SMILES string of the molecule is CCOc1cc(C2/C(=C(/O)c3ccc(OC(C)C)c(C)c3)C(=O)C(=O)N2c2ccc(C#N)cc2)ccc1O. The maximum atomic E-state index is 13.4. The smallest absolute Gasteiger partial charge is 0.300 e. The molecule has 0 aromatic heterocycles. The first kappa shape index (κ1) is 26.3. The lowest BCUT2D eigenvalue weighted by Gasteiger charge is -2.26. The average molecular weight is 513 g/mol. The third kappa shape index (κ3) is 4.91. The number of hydrogen-bond donors (Lipinski definition) is 2. The highest BCUT2D eigenvalue weighted by molar-refractivity contribution is 6.51. The van der Waals surface area contributed by atoms with Crippen molar-refractivity contribution >= 4 is 23.1 Å². The van der Waals surface area contributed by atoms with Crippen molar-refractivity contribution in [3.8, 4) is 23.3 Å². The molecule has 8 heteroatoms. The van der Waals surface area contributed by atoms with Crippen molar-refractivity contribution in [2.75, 3.05) is 11.5 Å². The molecule has 0 bridgehead atoms. The highest BCUT2D eigenvalue weighted by atomic mass is 16.5. The molecule has 0 spiro atoms. The van der Waals surface area contributed by atoms with E-state index in [0.717, 1.165) is 5.56 Å². The van der Waals surface area contributed by atoms with Crippen LogP contribution in [0.1, 0.15) is 49.1 Å². The molecule has 3 aromatic rings. The lowest BCUT2D eigenvalue weighted by molar-refractivity contribution is -0.132. The first-order valence-electron chi connectivity index (χ1n) is 12.2. The summed E-state index contributed by atoms with van der Waals surface area (Å²) in [7, 11) is 0.